The number of nitrogens with zero attached hydrogens (tertiary/aromatic N) is 2. The Morgan fingerprint density at radius 1 is 1.23 bits per heavy atom. The first-order valence-corrected chi connectivity index (χ1v) is 10.0. The molecule has 4 rings (SSSR count). The molecule has 0 radical (unpaired) electrons. The molecule has 0 bridgehead atoms. The van der Waals surface area contributed by atoms with E-state index in [0.29, 0.717) is 34.7 Å². The molecular formula is C18H15N3O3S2. The highest BCUT2D eigenvalue weighted by molar-refractivity contribution is 7.98. The molecule has 0 spiro atoms. The van der Waals surface area contributed by atoms with Gasteiger partial charge in [0, 0.05) is 17.1 Å². The number of pyridine rings is 1. The minimum absolute atomic E-state index is 0.217. The summed E-state index contributed by atoms with van der Waals surface area (Å²) in [6.45, 7) is 1.10. The van der Waals surface area contributed by atoms with Crippen molar-refractivity contribution in [3.63, 3.8) is 0 Å². The third-order valence-corrected chi connectivity index (χ3v) is 5.24. The normalized spacial score (nSPS) is 12.7. The maximum atomic E-state index is 12.5. The van der Waals surface area contributed by atoms with Gasteiger partial charge in [-0.2, -0.15) is 0 Å². The van der Waals surface area contributed by atoms with E-state index in [-0.39, 0.29) is 5.91 Å². The van der Waals surface area contributed by atoms with E-state index in [4.69, 9.17) is 9.47 Å². The van der Waals surface area contributed by atoms with Gasteiger partial charge < -0.3 is 9.47 Å². The Kier molecular flexibility index (Phi) is 4.77. The zero-order valence-electron chi connectivity index (χ0n) is 13.9. The van der Waals surface area contributed by atoms with E-state index < -0.39 is 0 Å². The number of hydrogen-bond donors (Lipinski definition) is 1. The molecule has 1 N–H and O–H groups in total. The quantitative estimate of drug-likeness (QED) is 0.686. The number of fused-ring (bicyclic) bond motifs is 1. The van der Waals surface area contributed by atoms with Gasteiger partial charge in [-0.3, -0.25) is 10.1 Å². The lowest BCUT2D eigenvalue weighted by atomic mass is 10.1. The van der Waals surface area contributed by atoms with Crippen LogP contribution in [0.1, 0.15) is 10.4 Å². The number of carbonyl (C=O) groups excluding carboxylic acids is 1. The van der Waals surface area contributed by atoms with E-state index in [0.717, 1.165) is 17.0 Å². The number of carbonyl (C=O) groups is 1. The van der Waals surface area contributed by atoms with Gasteiger partial charge in [0.25, 0.3) is 5.91 Å². The van der Waals surface area contributed by atoms with E-state index in [2.05, 4.69) is 15.3 Å². The third-order valence-electron chi connectivity index (χ3n) is 3.77. The summed E-state index contributed by atoms with van der Waals surface area (Å²) in [7, 11) is 0. The molecule has 0 saturated heterocycles. The van der Waals surface area contributed by atoms with Crippen molar-refractivity contribution in [2.75, 3.05) is 24.8 Å². The average Bonchev–Trinajstić information content (AvgIpc) is 3.16. The van der Waals surface area contributed by atoms with Gasteiger partial charge in [0.1, 0.15) is 18.2 Å². The van der Waals surface area contributed by atoms with Crippen LogP contribution in [0, 0.1) is 0 Å². The van der Waals surface area contributed by atoms with Gasteiger partial charge >= 0.3 is 0 Å². The van der Waals surface area contributed by atoms with Crippen LogP contribution in [0.5, 0.6) is 11.5 Å². The van der Waals surface area contributed by atoms with Gasteiger partial charge in [0.05, 0.1) is 11.3 Å². The Morgan fingerprint density at radius 3 is 2.92 bits per heavy atom. The molecule has 3 aromatic rings. The number of thioether (sulfide) groups is 1. The Hall–Kier alpha value is -2.58. The molecule has 1 amide bonds. The Labute approximate surface area is 158 Å². The van der Waals surface area contributed by atoms with E-state index >= 15 is 0 Å². The second-order valence-corrected chi connectivity index (χ2v) is 7.06. The van der Waals surface area contributed by atoms with Gasteiger partial charge in [0.15, 0.2) is 16.6 Å². The second-order valence-electron chi connectivity index (χ2n) is 5.41. The van der Waals surface area contributed by atoms with Crippen LogP contribution in [0.3, 0.4) is 0 Å². The molecule has 2 aromatic heterocycles. The number of amides is 1. The van der Waals surface area contributed by atoms with E-state index in [1.165, 1.54) is 23.1 Å². The molecule has 1 aliphatic rings. The van der Waals surface area contributed by atoms with E-state index in [1.807, 2.05) is 29.8 Å². The van der Waals surface area contributed by atoms with Crippen LogP contribution in [0.25, 0.3) is 11.3 Å². The lowest BCUT2D eigenvalue weighted by molar-refractivity contribution is 0.102. The summed E-state index contributed by atoms with van der Waals surface area (Å²) >= 11 is 2.81. The van der Waals surface area contributed by atoms with Crippen LogP contribution >= 0.6 is 23.1 Å². The highest BCUT2D eigenvalue weighted by Crippen LogP contribution is 2.35. The first-order chi connectivity index (χ1) is 12.7. The lowest BCUT2D eigenvalue weighted by Crippen LogP contribution is -2.15. The van der Waals surface area contributed by atoms with Gasteiger partial charge in [-0.15, -0.1) is 23.1 Å². The molecule has 0 saturated carbocycles. The molecular weight excluding hydrogens is 370 g/mol. The molecule has 0 unspecified atom stereocenters. The molecule has 1 aromatic carbocycles. The molecule has 0 fully saturated rings. The van der Waals surface area contributed by atoms with Crippen LogP contribution < -0.4 is 14.8 Å². The average molecular weight is 385 g/mol. The molecule has 1 aliphatic heterocycles. The molecule has 6 nitrogen and oxygen atoms in total. The second kappa shape index (κ2) is 7.35. The van der Waals surface area contributed by atoms with Crippen LogP contribution in [0.4, 0.5) is 5.13 Å². The van der Waals surface area contributed by atoms with Crippen molar-refractivity contribution in [1.82, 2.24) is 9.97 Å². The molecule has 132 valence electrons. The fourth-order valence-corrected chi connectivity index (χ4v) is 3.82. The van der Waals surface area contributed by atoms with Gasteiger partial charge in [0.2, 0.25) is 0 Å². The van der Waals surface area contributed by atoms with Gasteiger partial charge in [-0.05, 0) is 36.6 Å². The van der Waals surface area contributed by atoms with Crippen LogP contribution in [0.2, 0.25) is 0 Å². The largest absolute Gasteiger partial charge is 0.486 e. The summed E-state index contributed by atoms with van der Waals surface area (Å²) in [6.07, 6.45) is 3.56. The molecule has 3 heterocycles. The monoisotopic (exact) mass is 385 g/mol. The highest BCUT2D eigenvalue weighted by Gasteiger charge is 2.16. The highest BCUT2D eigenvalue weighted by atomic mass is 32.2. The summed E-state index contributed by atoms with van der Waals surface area (Å²) in [6, 6.07) is 9.21. The lowest BCUT2D eigenvalue weighted by Gasteiger charge is -2.18. The number of hydrogen-bond acceptors (Lipinski definition) is 7. The van der Waals surface area contributed by atoms with Crippen LogP contribution in [-0.2, 0) is 0 Å². The predicted molar refractivity (Wildman–Crippen MR) is 103 cm³/mol. The SMILES string of the molecule is CSc1ncccc1C(=O)Nc1nc(-c2ccc3c(c2)OCCO3)cs1. The third kappa shape index (κ3) is 3.38. The van der Waals surface area contributed by atoms with Gasteiger partial charge in [-0.1, -0.05) is 0 Å². The van der Waals surface area contributed by atoms with Crippen molar-refractivity contribution in [3.8, 4) is 22.8 Å². The number of ether oxygens (including phenoxy) is 2. The first kappa shape index (κ1) is 16.9. The number of rotatable bonds is 4. The van der Waals surface area contributed by atoms with Crippen molar-refractivity contribution in [3.05, 3.63) is 47.5 Å². The standard InChI is InChI=1S/C18H15N3O3S2/c1-25-17-12(3-2-6-19-17)16(22)21-18-20-13(10-26-18)11-4-5-14-15(9-11)24-8-7-23-14/h2-6,9-10H,7-8H2,1H3,(H,20,21,22). The number of nitrogens with one attached hydrogen (secondary N) is 1. The fourth-order valence-electron chi connectivity index (χ4n) is 2.56. The summed E-state index contributed by atoms with van der Waals surface area (Å²) in [5.74, 6) is 1.24. The Morgan fingerprint density at radius 2 is 2.08 bits per heavy atom. The maximum Gasteiger partial charge on any atom is 0.260 e. The molecule has 26 heavy (non-hydrogen) atoms. The topological polar surface area (TPSA) is 73.3 Å². The van der Waals surface area contributed by atoms with Crippen molar-refractivity contribution < 1.29 is 14.3 Å². The van der Waals surface area contributed by atoms with Crippen molar-refractivity contribution in [2.24, 2.45) is 0 Å². The smallest absolute Gasteiger partial charge is 0.260 e. The van der Waals surface area contributed by atoms with Crippen molar-refractivity contribution in [1.29, 1.82) is 0 Å². The molecule has 0 atom stereocenters. The number of anilines is 1. The van der Waals surface area contributed by atoms with E-state index in [1.54, 1.807) is 18.3 Å². The number of benzene rings is 1. The minimum Gasteiger partial charge on any atom is -0.486 e. The summed E-state index contributed by atoms with van der Waals surface area (Å²) in [5, 5.41) is 5.97. The molecule has 0 aliphatic carbocycles. The predicted octanol–water partition coefficient (Wildman–Crippen LogP) is 3.95. The summed E-state index contributed by atoms with van der Waals surface area (Å²) < 4.78 is 11.1. The zero-order valence-corrected chi connectivity index (χ0v) is 15.5. The van der Waals surface area contributed by atoms with Crippen LogP contribution in [-0.4, -0.2) is 35.3 Å². The van der Waals surface area contributed by atoms with Crippen LogP contribution in [0.15, 0.2) is 46.9 Å². The first-order valence-electron chi connectivity index (χ1n) is 7.90. The van der Waals surface area contributed by atoms with Crippen molar-refractivity contribution >= 4 is 34.1 Å². The fraction of sp³-hybridized carbons (Fsp3) is 0.167. The van der Waals surface area contributed by atoms with Crippen molar-refractivity contribution in [2.45, 2.75) is 5.03 Å². The minimum atomic E-state index is -0.217. The summed E-state index contributed by atoms with van der Waals surface area (Å²) in [4.78, 5) is 21.2. The number of aromatic nitrogens is 2. The Bertz CT molecular complexity index is 958. The Balaban J connectivity index is 1.54. The van der Waals surface area contributed by atoms with E-state index in [9.17, 15) is 4.79 Å². The maximum absolute atomic E-state index is 12.5. The summed E-state index contributed by atoms with van der Waals surface area (Å²) in [5.41, 5.74) is 2.23. The molecule has 8 heteroatoms. The van der Waals surface area contributed by atoms with Gasteiger partial charge in [-0.25, -0.2) is 9.97 Å². The zero-order chi connectivity index (χ0) is 17.9. The number of thiazole rings is 1.